The van der Waals surface area contributed by atoms with E-state index in [2.05, 4.69) is 13.8 Å². The Balaban J connectivity index is 2.84. The molecule has 0 saturated heterocycles. The van der Waals surface area contributed by atoms with Crippen molar-refractivity contribution in [1.29, 1.82) is 0 Å². The molecule has 0 atom stereocenters. The summed E-state index contributed by atoms with van der Waals surface area (Å²) in [5, 5.41) is 0.475. The number of nitrogen functional groups attached to an aromatic ring is 1. The van der Waals surface area contributed by atoms with Gasteiger partial charge in [-0.15, -0.1) is 0 Å². The number of nitrogens with zero attached hydrogens (tertiary/aromatic N) is 1. The fourth-order valence-electron chi connectivity index (χ4n) is 1.53. The lowest BCUT2D eigenvalue weighted by Crippen LogP contribution is -2.30. The minimum absolute atomic E-state index is 0.0305. The maximum absolute atomic E-state index is 12.0. The van der Waals surface area contributed by atoms with Crippen molar-refractivity contribution in [3.63, 3.8) is 0 Å². The molecular weight excluding hydrogens is 224 g/mol. The van der Waals surface area contributed by atoms with E-state index in [1.807, 2.05) is 0 Å². The van der Waals surface area contributed by atoms with Gasteiger partial charge >= 0.3 is 0 Å². The van der Waals surface area contributed by atoms with Crippen molar-refractivity contribution in [2.75, 3.05) is 19.3 Å². The average Bonchev–Trinajstić information content (AvgIpc) is 2.20. The Morgan fingerprint density at radius 3 is 2.62 bits per heavy atom. The van der Waals surface area contributed by atoms with Crippen LogP contribution in [0.2, 0.25) is 5.02 Å². The van der Waals surface area contributed by atoms with Crippen molar-refractivity contribution in [2.45, 2.75) is 13.8 Å². The molecule has 0 bridgehead atoms. The zero-order valence-electron chi connectivity index (χ0n) is 9.83. The van der Waals surface area contributed by atoms with Crippen LogP contribution in [0.1, 0.15) is 24.2 Å². The fourth-order valence-corrected chi connectivity index (χ4v) is 1.65. The molecule has 0 radical (unpaired) electrons. The highest BCUT2D eigenvalue weighted by molar-refractivity contribution is 6.33. The van der Waals surface area contributed by atoms with Gasteiger partial charge in [0.15, 0.2) is 0 Å². The second-order valence-electron chi connectivity index (χ2n) is 4.32. The number of carbonyl (C=O) groups is 1. The molecule has 0 unspecified atom stereocenters. The average molecular weight is 241 g/mol. The number of nitrogens with two attached hydrogens (primary N) is 1. The summed E-state index contributed by atoms with van der Waals surface area (Å²) in [4.78, 5) is 13.7. The van der Waals surface area contributed by atoms with Gasteiger partial charge in [-0.2, -0.15) is 0 Å². The van der Waals surface area contributed by atoms with Gasteiger partial charge in [0.1, 0.15) is 0 Å². The fraction of sp³-hybridized carbons (Fsp3) is 0.417. The van der Waals surface area contributed by atoms with Crippen molar-refractivity contribution in [1.82, 2.24) is 4.90 Å². The van der Waals surface area contributed by atoms with E-state index < -0.39 is 0 Å². The Morgan fingerprint density at radius 2 is 2.12 bits per heavy atom. The third kappa shape index (κ3) is 3.14. The number of anilines is 1. The Kier molecular flexibility index (Phi) is 4.19. The molecule has 1 rings (SSSR count). The summed E-state index contributed by atoms with van der Waals surface area (Å²) in [5.41, 5.74) is 6.67. The van der Waals surface area contributed by atoms with E-state index in [0.29, 0.717) is 22.2 Å². The summed E-state index contributed by atoms with van der Waals surface area (Å²) in [6, 6.07) is 4.95. The first-order valence-electron chi connectivity index (χ1n) is 5.22. The third-order valence-corrected chi connectivity index (χ3v) is 2.57. The van der Waals surface area contributed by atoms with E-state index in [0.717, 1.165) is 6.54 Å². The topological polar surface area (TPSA) is 46.3 Å². The van der Waals surface area contributed by atoms with Gasteiger partial charge in [0, 0.05) is 19.2 Å². The summed E-state index contributed by atoms with van der Waals surface area (Å²) < 4.78 is 0. The number of rotatable bonds is 3. The van der Waals surface area contributed by atoms with Gasteiger partial charge in [0.2, 0.25) is 0 Å². The van der Waals surface area contributed by atoms with Crippen molar-refractivity contribution in [3.05, 3.63) is 28.8 Å². The van der Waals surface area contributed by atoms with Gasteiger partial charge in [-0.1, -0.05) is 25.4 Å². The standard InChI is InChI=1S/C12H17ClN2O/c1-8(2)7-15(3)12(16)9-4-5-10(13)11(14)6-9/h4-6,8H,7,14H2,1-3H3. The van der Waals surface area contributed by atoms with Gasteiger partial charge in [-0.05, 0) is 24.1 Å². The highest BCUT2D eigenvalue weighted by Gasteiger charge is 2.13. The van der Waals surface area contributed by atoms with Crippen molar-refractivity contribution in [2.24, 2.45) is 5.92 Å². The number of carbonyl (C=O) groups excluding carboxylic acids is 1. The summed E-state index contributed by atoms with van der Waals surface area (Å²) >= 11 is 5.80. The summed E-state index contributed by atoms with van der Waals surface area (Å²) in [6.07, 6.45) is 0. The molecule has 0 spiro atoms. The maximum atomic E-state index is 12.0. The highest BCUT2D eigenvalue weighted by Crippen LogP contribution is 2.20. The van der Waals surface area contributed by atoms with Gasteiger partial charge in [0.25, 0.3) is 5.91 Å². The van der Waals surface area contributed by atoms with Crippen LogP contribution in [0.25, 0.3) is 0 Å². The van der Waals surface area contributed by atoms with Crippen molar-refractivity contribution >= 4 is 23.2 Å². The zero-order chi connectivity index (χ0) is 12.3. The molecule has 0 fully saturated rings. The Morgan fingerprint density at radius 1 is 1.50 bits per heavy atom. The molecule has 0 heterocycles. The molecule has 4 heteroatoms. The molecule has 0 aromatic heterocycles. The Bertz CT molecular complexity index is 391. The van der Waals surface area contributed by atoms with E-state index in [1.165, 1.54) is 0 Å². The largest absolute Gasteiger partial charge is 0.398 e. The monoisotopic (exact) mass is 240 g/mol. The number of benzene rings is 1. The van der Waals surface area contributed by atoms with Gasteiger partial charge in [-0.25, -0.2) is 0 Å². The third-order valence-electron chi connectivity index (χ3n) is 2.23. The van der Waals surface area contributed by atoms with Crippen LogP contribution in [0.3, 0.4) is 0 Å². The molecule has 1 amide bonds. The van der Waals surface area contributed by atoms with E-state index in [4.69, 9.17) is 17.3 Å². The molecule has 0 aliphatic heterocycles. The van der Waals surface area contributed by atoms with Crippen LogP contribution < -0.4 is 5.73 Å². The van der Waals surface area contributed by atoms with Gasteiger partial charge in [0.05, 0.1) is 10.7 Å². The number of hydrogen-bond acceptors (Lipinski definition) is 2. The number of hydrogen-bond donors (Lipinski definition) is 1. The predicted molar refractivity (Wildman–Crippen MR) is 67.7 cm³/mol. The number of amides is 1. The second kappa shape index (κ2) is 5.21. The molecule has 0 saturated carbocycles. The van der Waals surface area contributed by atoms with Crippen LogP contribution >= 0.6 is 11.6 Å². The van der Waals surface area contributed by atoms with E-state index >= 15 is 0 Å². The molecule has 16 heavy (non-hydrogen) atoms. The van der Waals surface area contributed by atoms with Crippen molar-refractivity contribution in [3.8, 4) is 0 Å². The summed E-state index contributed by atoms with van der Waals surface area (Å²) in [6.45, 7) is 4.86. The zero-order valence-corrected chi connectivity index (χ0v) is 10.6. The van der Waals surface area contributed by atoms with E-state index in [1.54, 1.807) is 30.1 Å². The molecule has 88 valence electrons. The minimum Gasteiger partial charge on any atom is -0.398 e. The highest BCUT2D eigenvalue weighted by atomic mass is 35.5. The lowest BCUT2D eigenvalue weighted by Gasteiger charge is -2.19. The van der Waals surface area contributed by atoms with Crippen LogP contribution in [0.4, 0.5) is 5.69 Å². The van der Waals surface area contributed by atoms with Crippen LogP contribution in [0, 0.1) is 5.92 Å². The smallest absolute Gasteiger partial charge is 0.253 e. The molecule has 1 aromatic rings. The Labute approximate surface area is 101 Å². The van der Waals surface area contributed by atoms with Crippen molar-refractivity contribution < 1.29 is 4.79 Å². The Hall–Kier alpha value is -1.22. The molecule has 0 aliphatic carbocycles. The van der Waals surface area contributed by atoms with Gasteiger partial charge in [-0.3, -0.25) is 4.79 Å². The predicted octanol–water partition coefficient (Wildman–Crippen LogP) is 2.65. The maximum Gasteiger partial charge on any atom is 0.253 e. The summed E-state index contributed by atoms with van der Waals surface area (Å²) in [7, 11) is 1.78. The number of halogens is 1. The first kappa shape index (κ1) is 12.8. The first-order chi connectivity index (χ1) is 7.41. The molecular formula is C12H17ClN2O. The normalized spacial score (nSPS) is 10.6. The molecule has 1 aromatic carbocycles. The van der Waals surface area contributed by atoms with Gasteiger partial charge < -0.3 is 10.6 Å². The second-order valence-corrected chi connectivity index (χ2v) is 4.72. The lowest BCUT2D eigenvalue weighted by atomic mass is 10.1. The van der Waals surface area contributed by atoms with Crippen LogP contribution in [-0.4, -0.2) is 24.4 Å². The summed E-state index contributed by atoms with van der Waals surface area (Å²) in [5.74, 6) is 0.413. The minimum atomic E-state index is -0.0305. The van der Waals surface area contributed by atoms with Crippen LogP contribution in [0.15, 0.2) is 18.2 Å². The molecule has 2 N–H and O–H groups in total. The lowest BCUT2D eigenvalue weighted by molar-refractivity contribution is 0.0779. The molecule has 0 aliphatic rings. The van der Waals surface area contributed by atoms with E-state index in [9.17, 15) is 4.79 Å². The van der Waals surface area contributed by atoms with Crippen LogP contribution in [0.5, 0.6) is 0 Å². The molecule has 3 nitrogen and oxygen atoms in total. The first-order valence-corrected chi connectivity index (χ1v) is 5.60. The quantitative estimate of drug-likeness (QED) is 0.826. The van der Waals surface area contributed by atoms with Crippen LogP contribution in [-0.2, 0) is 0 Å². The van der Waals surface area contributed by atoms with E-state index in [-0.39, 0.29) is 5.91 Å². The SMILES string of the molecule is CC(C)CN(C)C(=O)c1ccc(Cl)c(N)c1.